The molecule has 1 fully saturated rings. The van der Waals surface area contributed by atoms with E-state index in [4.69, 9.17) is 15.2 Å². The molecule has 1 saturated heterocycles. The van der Waals surface area contributed by atoms with E-state index in [2.05, 4.69) is 0 Å². The summed E-state index contributed by atoms with van der Waals surface area (Å²) >= 11 is 0. The molecular weight excluding hydrogens is 299 g/mol. The quantitative estimate of drug-likeness (QED) is 0.879. The molecule has 0 aliphatic carbocycles. The van der Waals surface area contributed by atoms with Crippen LogP contribution in [0.3, 0.4) is 0 Å². The van der Waals surface area contributed by atoms with E-state index in [1.165, 1.54) is 12.1 Å². The normalized spacial score (nSPS) is 20.2. The number of carbonyl (C=O) groups excluding carboxylic acids is 1. The third-order valence-electron chi connectivity index (χ3n) is 3.99. The Balaban J connectivity index is 1.97. The molecule has 1 heterocycles. The molecule has 1 aliphatic heterocycles. The van der Waals surface area contributed by atoms with E-state index in [-0.39, 0.29) is 17.8 Å². The van der Waals surface area contributed by atoms with Gasteiger partial charge in [-0.3, -0.25) is 4.79 Å². The van der Waals surface area contributed by atoms with Gasteiger partial charge in [0, 0.05) is 5.69 Å². The molecule has 2 atom stereocenters. The van der Waals surface area contributed by atoms with Gasteiger partial charge in [0.05, 0.1) is 20.3 Å². The Morgan fingerprint density at radius 1 is 1.04 bits per heavy atom. The average Bonchev–Trinajstić information content (AvgIpc) is 2.59. The Labute approximate surface area is 133 Å². The van der Waals surface area contributed by atoms with E-state index in [1.807, 2.05) is 6.07 Å². The number of anilines is 1. The molecule has 3 rings (SSSR count). The van der Waals surface area contributed by atoms with Crippen molar-refractivity contribution >= 4 is 11.6 Å². The smallest absolute Gasteiger partial charge is 0.247 e. The molecule has 23 heavy (non-hydrogen) atoms. The van der Waals surface area contributed by atoms with Crippen LogP contribution in [0.5, 0.6) is 11.5 Å². The molecule has 2 N–H and O–H groups in total. The summed E-state index contributed by atoms with van der Waals surface area (Å²) < 4.78 is 23.6. The number of β-lactam (4-membered cyclic amide) rings is 1. The molecule has 0 aromatic heterocycles. The highest BCUT2D eigenvalue weighted by molar-refractivity contribution is 6.05. The zero-order valence-corrected chi connectivity index (χ0v) is 12.8. The maximum atomic E-state index is 13.1. The summed E-state index contributed by atoms with van der Waals surface area (Å²) in [4.78, 5) is 13.7. The fourth-order valence-corrected chi connectivity index (χ4v) is 2.79. The van der Waals surface area contributed by atoms with Gasteiger partial charge < -0.3 is 20.1 Å². The fraction of sp³-hybridized carbons (Fsp3) is 0.235. The molecule has 6 heteroatoms. The highest BCUT2D eigenvalue weighted by Crippen LogP contribution is 2.40. The van der Waals surface area contributed by atoms with Crippen molar-refractivity contribution in [1.82, 2.24) is 0 Å². The SMILES string of the molecule is COc1ccc(C2C(N)C(=O)N2c2ccc(F)cc2)cc1OC. The zero-order valence-electron chi connectivity index (χ0n) is 12.8. The van der Waals surface area contributed by atoms with E-state index in [1.54, 1.807) is 43.4 Å². The van der Waals surface area contributed by atoms with Crippen LogP contribution in [0.15, 0.2) is 42.5 Å². The number of benzene rings is 2. The number of carbonyl (C=O) groups is 1. The minimum atomic E-state index is -0.641. The fourth-order valence-electron chi connectivity index (χ4n) is 2.79. The van der Waals surface area contributed by atoms with Crippen molar-refractivity contribution in [3.05, 3.63) is 53.8 Å². The van der Waals surface area contributed by atoms with Gasteiger partial charge in [-0.25, -0.2) is 4.39 Å². The van der Waals surface area contributed by atoms with Gasteiger partial charge in [-0.05, 0) is 42.0 Å². The van der Waals surface area contributed by atoms with Crippen molar-refractivity contribution in [2.24, 2.45) is 5.73 Å². The van der Waals surface area contributed by atoms with Crippen molar-refractivity contribution in [2.45, 2.75) is 12.1 Å². The second-order valence-electron chi connectivity index (χ2n) is 5.27. The van der Waals surface area contributed by atoms with Gasteiger partial charge in [-0.1, -0.05) is 6.07 Å². The Morgan fingerprint density at radius 2 is 1.70 bits per heavy atom. The van der Waals surface area contributed by atoms with Crippen LogP contribution in [-0.4, -0.2) is 26.2 Å². The number of nitrogens with zero attached hydrogens (tertiary/aromatic N) is 1. The predicted molar refractivity (Wildman–Crippen MR) is 84.1 cm³/mol. The summed E-state index contributed by atoms with van der Waals surface area (Å²) in [5.41, 5.74) is 7.42. The first kappa shape index (κ1) is 15.3. The van der Waals surface area contributed by atoms with Crippen LogP contribution in [0.1, 0.15) is 11.6 Å². The number of hydrogen-bond acceptors (Lipinski definition) is 4. The number of halogens is 1. The second-order valence-corrected chi connectivity index (χ2v) is 5.27. The van der Waals surface area contributed by atoms with Crippen LogP contribution in [0.4, 0.5) is 10.1 Å². The van der Waals surface area contributed by atoms with Gasteiger partial charge in [-0.15, -0.1) is 0 Å². The molecule has 2 aromatic carbocycles. The average molecular weight is 316 g/mol. The van der Waals surface area contributed by atoms with Gasteiger partial charge in [-0.2, -0.15) is 0 Å². The summed E-state index contributed by atoms with van der Waals surface area (Å²) in [7, 11) is 3.10. The van der Waals surface area contributed by atoms with Crippen molar-refractivity contribution in [3.63, 3.8) is 0 Å². The summed E-state index contributed by atoms with van der Waals surface area (Å²) in [5, 5.41) is 0. The van der Waals surface area contributed by atoms with Crippen molar-refractivity contribution < 1.29 is 18.7 Å². The molecule has 5 nitrogen and oxygen atoms in total. The Bertz CT molecular complexity index is 733. The highest BCUT2D eigenvalue weighted by atomic mass is 19.1. The molecule has 0 spiro atoms. The van der Waals surface area contributed by atoms with Crippen LogP contribution in [0, 0.1) is 5.82 Å². The lowest BCUT2D eigenvalue weighted by molar-refractivity contribution is -0.126. The molecular formula is C17H17FN2O3. The Morgan fingerprint density at radius 3 is 2.30 bits per heavy atom. The van der Waals surface area contributed by atoms with E-state index >= 15 is 0 Å². The summed E-state index contributed by atoms with van der Waals surface area (Å²) in [5.74, 6) is 0.615. The number of rotatable bonds is 4. The van der Waals surface area contributed by atoms with Crippen LogP contribution in [-0.2, 0) is 4.79 Å². The standard InChI is InChI=1S/C17H17FN2O3/c1-22-13-8-3-10(9-14(13)23-2)16-15(19)17(21)20(16)12-6-4-11(18)5-7-12/h3-9,15-16H,19H2,1-2H3. The first-order chi connectivity index (χ1) is 11.1. The number of hydrogen-bond donors (Lipinski definition) is 1. The Kier molecular flexibility index (Phi) is 3.92. The van der Waals surface area contributed by atoms with Crippen LogP contribution < -0.4 is 20.1 Å². The van der Waals surface area contributed by atoms with Gasteiger partial charge >= 0.3 is 0 Å². The molecule has 0 radical (unpaired) electrons. The number of methoxy groups -OCH3 is 2. The minimum absolute atomic E-state index is 0.198. The van der Waals surface area contributed by atoms with E-state index in [0.717, 1.165) is 5.56 Å². The first-order valence-corrected chi connectivity index (χ1v) is 7.13. The summed E-state index contributed by atoms with van der Waals surface area (Å²) in [6.07, 6.45) is 0. The third-order valence-corrected chi connectivity index (χ3v) is 3.99. The molecule has 1 aliphatic rings. The lowest BCUT2D eigenvalue weighted by atomic mass is 9.88. The van der Waals surface area contributed by atoms with Crippen LogP contribution >= 0.6 is 0 Å². The number of ether oxygens (including phenoxy) is 2. The summed E-state index contributed by atoms with van der Waals surface area (Å²) in [6, 6.07) is 10.2. The monoisotopic (exact) mass is 316 g/mol. The predicted octanol–water partition coefficient (Wildman–Crippen LogP) is 2.26. The van der Waals surface area contributed by atoms with E-state index in [0.29, 0.717) is 17.2 Å². The van der Waals surface area contributed by atoms with Gasteiger partial charge in [0.1, 0.15) is 11.9 Å². The largest absolute Gasteiger partial charge is 0.493 e. The van der Waals surface area contributed by atoms with Crippen LogP contribution in [0.25, 0.3) is 0 Å². The van der Waals surface area contributed by atoms with E-state index < -0.39 is 6.04 Å². The lowest BCUT2D eigenvalue weighted by Crippen LogP contribution is -2.63. The maximum absolute atomic E-state index is 13.1. The first-order valence-electron chi connectivity index (χ1n) is 7.13. The van der Waals surface area contributed by atoms with Gasteiger partial charge in [0.25, 0.3) is 0 Å². The van der Waals surface area contributed by atoms with Gasteiger partial charge in [0.15, 0.2) is 11.5 Å². The van der Waals surface area contributed by atoms with Crippen molar-refractivity contribution in [2.75, 3.05) is 19.1 Å². The summed E-state index contributed by atoms with van der Waals surface area (Å²) in [6.45, 7) is 0. The maximum Gasteiger partial charge on any atom is 0.247 e. The molecule has 1 amide bonds. The lowest BCUT2D eigenvalue weighted by Gasteiger charge is -2.45. The molecule has 2 aromatic rings. The van der Waals surface area contributed by atoms with Crippen molar-refractivity contribution in [3.8, 4) is 11.5 Å². The number of amides is 1. The minimum Gasteiger partial charge on any atom is -0.493 e. The third kappa shape index (κ3) is 2.51. The van der Waals surface area contributed by atoms with E-state index in [9.17, 15) is 9.18 Å². The second kappa shape index (κ2) is 5.89. The zero-order chi connectivity index (χ0) is 16.6. The molecule has 0 saturated carbocycles. The molecule has 0 bridgehead atoms. The van der Waals surface area contributed by atoms with Crippen LogP contribution in [0.2, 0.25) is 0 Å². The number of nitrogens with two attached hydrogens (primary N) is 1. The molecule has 2 unspecified atom stereocenters. The molecule has 120 valence electrons. The highest BCUT2D eigenvalue weighted by Gasteiger charge is 2.46. The van der Waals surface area contributed by atoms with Crippen molar-refractivity contribution in [1.29, 1.82) is 0 Å². The van der Waals surface area contributed by atoms with Gasteiger partial charge in [0.2, 0.25) is 5.91 Å². The topological polar surface area (TPSA) is 64.8 Å². The Hall–Kier alpha value is -2.60.